The molecule has 3 heteroatoms. The van der Waals surface area contributed by atoms with Crippen molar-refractivity contribution in [3.05, 3.63) is 32.8 Å². The Balaban J connectivity index is 2.13. The topological polar surface area (TPSA) is 12.0 Å². The SMILES string of the molecule is Cc1c(Cl)cc(Br)cc1CC1CCNCC1. The number of nitrogens with one attached hydrogen (secondary N) is 1. The second-order valence-electron chi connectivity index (χ2n) is 4.57. The van der Waals surface area contributed by atoms with E-state index in [9.17, 15) is 0 Å². The lowest BCUT2D eigenvalue weighted by atomic mass is 9.89. The van der Waals surface area contributed by atoms with Gasteiger partial charge in [0.15, 0.2) is 0 Å². The number of piperidine rings is 1. The summed E-state index contributed by atoms with van der Waals surface area (Å²) in [5, 5.41) is 4.28. The Labute approximate surface area is 111 Å². The van der Waals surface area contributed by atoms with Crippen LogP contribution >= 0.6 is 27.5 Å². The summed E-state index contributed by atoms with van der Waals surface area (Å²) in [5.41, 5.74) is 2.63. The molecule has 0 atom stereocenters. The molecule has 2 rings (SSSR count). The molecule has 1 aliphatic heterocycles. The molecule has 1 aliphatic rings. The molecule has 0 radical (unpaired) electrons. The number of rotatable bonds is 2. The maximum atomic E-state index is 6.19. The fraction of sp³-hybridized carbons (Fsp3) is 0.538. The highest BCUT2D eigenvalue weighted by Crippen LogP contribution is 2.28. The first-order valence-electron chi connectivity index (χ1n) is 5.82. The van der Waals surface area contributed by atoms with Crippen LogP contribution in [0.2, 0.25) is 5.02 Å². The second-order valence-corrected chi connectivity index (χ2v) is 5.89. The van der Waals surface area contributed by atoms with Crippen LogP contribution in [-0.2, 0) is 6.42 Å². The summed E-state index contributed by atoms with van der Waals surface area (Å²) in [7, 11) is 0. The normalized spacial score (nSPS) is 17.7. The van der Waals surface area contributed by atoms with Crippen LogP contribution in [0.25, 0.3) is 0 Å². The average molecular weight is 303 g/mol. The van der Waals surface area contributed by atoms with Crippen LogP contribution in [0.4, 0.5) is 0 Å². The van der Waals surface area contributed by atoms with Gasteiger partial charge < -0.3 is 5.32 Å². The van der Waals surface area contributed by atoms with Crippen molar-refractivity contribution in [3.63, 3.8) is 0 Å². The summed E-state index contributed by atoms with van der Waals surface area (Å²) >= 11 is 9.71. The summed E-state index contributed by atoms with van der Waals surface area (Å²) in [6, 6.07) is 4.19. The van der Waals surface area contributed by atoms with Gasteiger partial charge in [-0.25, -0.2) is 0 Å². The van der Waals surface area contributed by atoms with Crippen LogP contribution in [0.15, 0.2) is 16.6 Å². The Bertz CT molecular complexity index is 372. The van der Waals surface area contributed by atoms with E-state index in [2.05, 4.69) is 34.2 Å². The molecule has 1 fully saturated rings. The molecular formula is C13H17BrClN. The van der Waals surface area contributed by atoms with E-state index in [0.717, 1.165) is 34.9 Å². The van der Waals surface area contributed by atoms with Crippen LogP contribution in [0.1, 0.15) is 24.0 Å². The minimum atomic E-state index is 0.810. The first-order chi connectivity index (χ1) is 7.66. The number of hydrogen-bond donors (Lipinski definition) is 1. The number of hydrogen-bond acceptors (Lipinski definition) is 1. The van der Waals surface area contributed by atoms with Crippen molar-refractivity contribution >= 4 is 27.5 Å². The largest absolute Gasteiger partial charge is 0.317 e. The van der Waals surface area contributed by atoms with E-state index in [-0.39, 0.29) is 0 Å². The Morgan fingerprint density at radius 2 is 2.06 bits per heavy atom. The highest BCUT2D eigenvalue weighted by Gasteiger charge is 2.15. The lowest BCUT2D eigenvalue weighted by Gasteiger charge is -2.23. The molecule has 1 heterocycles. The van der Waals surface area contributed by atoms with Crippen molar-refractivity contribution in [2.24, 2.45) is 5.92 Å². The third-order valence-corrected chi connectivity index (χ3v) is 4.23. The minimum Gasteiger partial charge on any atom is -0.317 e. The Morgan fingerprint density at radius 1 is 1.38 bits per heavy atom. The zero-order chi connectivity index (χ0) is 11.5. The fourth-order valence-electron chi connectivity index (χ4n) is 2.31. The summed E-state index contributed by atoms with van der Waals surface area (Å²) in [4.78, 5) is 0. The molecule has 1 aromatic carbocycles. The molecule has 0 saturated carbocycles. The van der Waals surface area contributed by atoms with Gasteiger partial charge in [0.2, 0.25) is 0 Å². The van der Waals surface area contributed by atoms with Gasteiger partial charge >= 0.3 is 0 Å². The maximum absolute atomic E-state index is 6.19. The highest BCUT2D eigenvalue weighted by molar-refractivity contribution is 9.10. The van der Waals surface area contributed by atoms with Gasteiger partial charge in [-0.3, -0.25) is 0 Å². The molecule has 88 valence electrons. The van der Waals surface area contributed by atoms with Crippen LogP contribution in [0, 0.1) is 12.8 Å². The third-order valence-electron chi connectivity index (χ3n) is 3.38. The lowest BCUT2D eigenvalue weighted by molar-refractivity contribution is 0.372. The number of benzene rings is 1. The van der Waals surface area contributed by atoms with Crippen LogP contribution in [0.3, 0.4) is 0 Å². The zero-order valence-corrected chi connectivity index (χ0v) is 11.9. The lowest BCUT2D eigenvalue weighted by Crippen LogP contribution is -2.28. The van der Waals surface area contributed by atoms with Crippen molar-refractivity contribution in [3.8, 4) is 0 Å². The van der Waals surface area contributed by atoms with Gasteiger partial charge in [0.05, 0.1) is 0 Å². The fourth-order valence-corrected chi connectivity index (χ4v) is 3.18. The molecule has 0 unspecified atom stereocenters. The van der Waals surface area contributed by atoms with E-state index in [1.165, 1.54) is 24.0 Å². The minimum absolute atomic E-state index is 0.810. The standard InChI is InChI=1S/C13H17BrClN/c1-9-11(7-12(14)8-13(9)15)6-10-2-4-16-5-3-10/h7-8,10,16H,2-6H2,1H3. The van der Waals surface area contributed by atoms with Crippen molar-refractivity contribution in [2.75, 3.05) is 13.1 Å². The van der Waals surface area contributed by atoms with Gasteiger partial charge in [-0.2, -0.15) is 0 Å². The molecule has 0 aromatic heterocycles. The quantitative estimate of drug-likeness (QED) is 0.872. The first-order valence-corrected chi connectivity index (χ1v) is 6.99. The van der Waals surface area contributed by atoms with Crippen molar-refractivity contribution in [1.82, 2.24) is 5.32 Å². The van der Waals surface area contributed by atoms with E-state index in [1.54, 1.807) is 0 Å². The zero-order valence-electron chi connectivity index (χ0n) is 9.52. The van der Waals surface area contributed by atoms with Gasteiger partial charge in [0, 0.05) is 9.50 Å². The predicted octanol–water partition coefficient (Wildman–Crippen LogP) is 3.95. The molecule has 1 nitrogen and oxygen atoms in total. The molecule has 0 bridgehead atoms. The van der Waals surface area contributed by atoms with Gasteiger partial charge in [-0.1, -0.05) is 27.5 Å². The number of halogens is 2. The molecule has 1 N–H and O–H groups in total. The van der Waals surface area contributed by atoms with Crippen molar-refractivity contribution in [1.29, 1.82) is 0 Å². The van der Waals surface area contributed by atoms with Crippen LogP contribution < -0.4 is 5.32 Å². The molecular weight excluding hydrogens is 286 g/mol. The Kier molecular flexibility index (Phi) is 4.28. The van der Waals surface area contributed by atoms with Gasteiger partial charge in [-0.05, 0) is 68.5 Å². The molecule has 16 heavy (non-hydrogen) atoms. The monoisotopic (exact) mass is 301 g/mol. The third kappa shape index (κ3) is 2.99. The Morgan fingerprint density at radius 3 is 2.75 bits per heavy atom. The average Bonchev–Trinajstić information content (AvgIpc) is 2.27. The maximum Gasteiger partial charge on any atom is 0.0449 e. The summed E-state index contributed by atoms with van der Waals surface area (Å²) in [5.74, 6) is 0.810. The van der Waals surface area contributed by atoms with E-state index < -0.39 is 0 Å². The van der Waals surface area contributed by atoms with Crippen LogP contribution in [-0.4, -0.2) is 13.1 Å². The first kappa shape index (κ1) is 12.4. The van der Waals surface area contributed by atoms with E-state index in [4.69, 9.17) is 11.6 Å². The van der Waals surface area contributed by atoms with Gasteiger partial charge in [0.25, 0.3) is 0 Å². The van der Waals surface area contributed by atoms with E-state index in [1.807, 2.05) is 6.07 Å². The van der Waals surface area contributed by atoms with Crippen LogP contribution in [0.5, 0.6) is 0 Å². The Hall–Kier alpha value is -0.0500. The molecule has 0 amide bonds. The van der Waals surface area contributed by atoms with E-state index in [0.29, 0.717) is 0 Å². The summed E-state index contributed by atoms with van der Waals surface area (Å²) in [6.45, 7) is 4.43. The summed E-state index contributed by atoms with van der Waals surface area (Å²) < 4.78 is 1.09. The molecule has 0 spiro atoms. The molecule has 0 aliphatic carbocycles. The van der Waals surface area contributed by atoms with Crippen molar-refractivity contribution in [2.45, 2.75) is 26.2 Å². The van der Waals surface area contributed by atoms with Gasteiger partial charge in [0.1, 0.15) is 0 Å². The van der Waals surface area contributed by atoms with Gasteiger partial charge in [-0.15, -0.1) is 0 Å². The smallest absolute Gasteiger partial charge is 0.0449 e. The molecule has 1 aromatic rings. The molecule has 1 saturated heterocycles. The second kappa shape index (κ2) is 5.52. The van der Waals surface area contributed by atoms with E-state index >= 15 is 0 Å². The van der Waals surface area contributed by atoms with Crippen molar-refractivity contribution < 1.29 is 0 Å². The predicted molar refractivity (Wildman–Crippen MR) is 73.2 cm³/mol. The summed E-state index contributed by atoms with van der Waals surface area (Å²) in [6.07, 6.45) is 3.72. The highest BCUT2D eigenvalue weighted by atomic mass is 79.9.